The van der Waals surface area contributed by atoms with E-state index < -0.39 is 12.0 Å². The summed E-state index contributed by atoms with van der Waals surface area (Å²) in [6.45, 7) is 4.02. The highest BCUT2D eigenvalue weighted by molar-refractivity contribution is 5.90. The Kier molecular flexibility index (Phi) is 6.28. The van der Waals surface area contributed by atoms with E-state index in [1.807, 2.05) is 13.8 Å². The molecule has 2 amide bonds. The van der Waals surface area contributed by atoms with Gasteiger partial charge in [-0.2, -0.15) is 0 Å². The van der Waals surface area contributed by atoms with E-state index in [0.717, 1.165) is 0 Å². The predicted octanol–water partition coefficient (Wildman–Crippen LogP) is 1.86. The Morgan fingerprint density at radius 3 is 2.85 bits per heavy atom. The number of urea groups is 1. The second-order valence-corrected chi connectivity index (χ2v) is 4.40. The Morgan fingerprint density at radius 2 is 2.20 bits per heavy atom. The Balaban J connectivity index is 2.47. The molecule has 7 nitrogen and oxygen atoms in total. The van der Waals surface area contributed by atoms with Crippen LogP contribution in [0.2, 0.25) is 0 Å². The molecule has 1 heterocycles. The number of rotatable bonds is 7. The van der Waals surface area contributed by atoms with Gasteiger partial charge in [-0.1, -0.05) is 0 Å². The van der Waals surface area contributed by atoms with Gasteiger partial charge in [-0.15, -0.1) is 0 Å². The number of pyridine rings is 1. The molecule has 0 fully saturated rings. The minimum absolute atomic E-state index is 0.0227. The molecule has 7 heteroatoms. The van der Waals surface area contributed by atoms with Gasteiger partial charge in [0.2, 0.25) is 5.88 Å². The van der Waals surface area contributed by atoms with Gasteiger partial charge in [0.25, 0.3) is 0 Å². The molecule has 0 aliphatic carbocycles. The standard InChI is InChI=1S/C13H19N3O4/c1-9(2)20-12-10(5-3-7-14-12)16-13(19)15-8-4-6-11(17)18/h3,5,7,9H,4,6,8H2,1-2H3,(H,17,18)(H2,15,16,19). The molecule has 1 rings (SSSR count). The van der Waals surface area contributed by atoms with Crippen molar-refractivity contribution in [1.29, 1.82) is 0 Å². The van der Waals surface area contributed by atoms with Crippen LogP contribution in [0.4, 0.5) is 10.5 Å². The molecule has 0 aliphatic heterocycles. The SMILES string of the molecule is CC(C)Oc1ncccc1NC(=O)NCCCC(=O)O. The Hall–Kier alpha value is -2.31. The zero-order valence-corrected chi connectivity index (χ0v) is 11.5. The van der Waals surface area contributed by atoms with E-state index in [2.05, 4.69) is 15.6 Å². The van der Waals surface area contributed by atoms with Crippen LogP contribution >= 0.6 is 0 Å². The number of hydrogen-bond donors (Lipinski definition) is 3. The van der Waals surface area contributed by atoms with Crippen LogP contribution in [-0.4, -0.2) is 34.7 Å². The summed E-state index contributed by atoms with van der Waals surface area (Å²) in [7, 11) is 0. The molecule has 3 N–H and O–H groups in total. The van der Waals surface area contributed by atoms with Crippen LogP contribution in [0.15, 0.2) is 18.3 Å². The number of anilines is 1. The summed E-state index contributed by atoms with van der Waals surface area (Å²) in [5.41, 5.74) is 0.469. The molecule has 0 aliphatic rings. The molecule has 0 bridgehead atoms. The Bertz CT molecular complexity index is 463. The van der Waals surface area contributed by atoms with E-state index in [4.69, 9.17) is 9.84 Å². The lowest BCUT2D eigenvalue weighted by molar-refractivity contribution is -0.137. The van der Waals surface area contributed by atoms with Gasteiger partial charge in [-0.05, 0) is 32.4 Å². The molecule has 0 atom stereocenters. The lowest BCUT2D eigenvalue weighted by Gasteiger charge is -2.13. The van der Waals surface area contributed by atoms with Gasteiger partial charge < -0.3 is 20.5 Å². The number of carbonyl (C=O) groups excluding carboxylic acids is 1. The first-order chi connectivity index (χ1) is 9.49. The highest BCUT2D eigenvalue weighted by Crippen LogP contribution is 2.21. The van der Waals surface area contributed by atoms with Gasteiger partial charge in [-0.25, -0.2) is 9.78 Å². The van der Waals surface area contributed by atoms with Crippen LogP contribution in [0.1, 0.15) is 26.7 Å². The normalized spacial score (nSPS) is 10.2. The summed E-state index contributed by atoms with van der Waals surface area (Å²) in [5, 5.41) is 13.7. The molecule has 0 aromatic carbocycles. The molecule has 1 aromatic rings. The third-order valence-corrected chi connectivity index (χ3v) is 2.22. The number of ether oxygens (including phenoxy) is 1. The number of amides is 2. The molecule has 0 saturated carbocycles. The van der Waals surface area contributed by atoms with Crippen molar-refractivity contribution in [2.24, 2.45) is 0 Å². The van der Waals surface area contributed by atoms with Crippen molar-refractivity contribution in [3.8, 4) is 5.88 Å². The van der Waals surface area contributed by atoms with Crippen molar-refractivity contribution >= 4 is 17.7 Å². The van der Waals surface area contributed by atoms with Crippen LogP contribution in [0.5, 0.6) is 5.88 Å². The van der Waals surface area contributed by atoms with Crippen LogP contribution in [0.3, 0.4) is 0 Å². The molecule has 1 aromatic heterocycles. The maximum Gasteiger partial charge on any atom is 0.319 e. The molecular weight excluding hydrogens is 262 g/mol. The maximum atomic E-state index is 11.6. The average Bonchev–Trinajstić information content (AvgIpc) is 2.36. The minimum atomic E-state index is -0.882. The summed E-state index contributed by atoms with van der Waals surface area (Å²) >= 11 is 0. The molecule has 0 radical (unpaired) electrons. The monoisotopic (exact) mass is 281 g/mol. The first-order valence-electron chi connectivity index (χ1n) is 6.37. The fourth-order valence-corrected chi connectivity index (χ4v) is 1.41. The molecule has 110 valence electrons. The van der Waals surface area contributed by atoms with Gasteiger partial charge in [0.05, 0.1) is 6.10 Å². The zero-order valence-electron chi connectivity index (χ0n) is 11.5. The summed E-state index contributed by atoms with van der Waals surface area (Å²) in [6.07, 6.45) is 1.93. The van der Waals surface area contributed by atoms with Crippen molar-refractivity contribution in [3.63, 3.8) is 0 Å². The van der Waals surface area contributed by atoms with E-state index in [1.165, 1.54) is 0 Å². The van der Waals surface area contributed by atoms with Crippen molar-refractivity contribution < 1.29 is 19.4 Å². The van der Waals surface area contributed by atoms with E-state index in [-0.39, 0.29) is 12.5 Å². The van der Waals surface area contributed by atoms with Gasteiger partial charge in [0, 0.05) is 19.2 Å². The second kappa shape index (κ2) is 7.98. The number of aliphatic carboxylic acids is 1. The van der Waals surface area contributed by atoms with E-state index in [0.29, 0.717) is 24.5 Å². The number of nitrogens with one attached hydrogen (secondary N) is 2. The summed E-state index contributed by atoms with van der Waals surface area (Å²) in [6, 6.07) is 2.95. The second-order valence-electron chi connectivity index (χ2n) is 4.40. The Labute approximate surface area is 117 Å². The summed E-state index contributed by atoms with van der Waals surface area (Å²) in [4.78, 5) is 26.0. The quantitative estimate of drug-likeness (QED) is 0.662. The number of aromatic nitrogens is 1. The van der Waals surface area contributed by atoms with Crippen LogP contribution in [-0.2, 0) is 4.79 Å². The van der Waals surface area contributed by atoms with Gasteiger partial charge in [-0.3, -0.25) is 4.79 Å². The summed E-state index contributed by atoms with van der Waals surface area (Å²) < 4.78 is 5.47. The topological polar surface area (TPSA) is 101 Å². The van der Waals surface area contributed by atoms with E-state index in [1.54, 1.807) is 18.3 Å². The van der Waals surface area contributed by atoms with Gasteiger partial charge in [0.1, 0.15) is 5.69 Å². The number of nitrogens with zero attached hydrogens (tertiary/aromatic N) is 1. The number of hydrogen-bond acceptors (Lipinski definition) is 4. The average molecular weight is 281 g/mol. The van der Waals surface area contributed by atoms with E-state index >= 15 is 0 Å². The Morgan fingerprint density at radius 1 is 1.45 bits per heavy atom. The van der Waals surface area contributed by atoms with Crippen LogP contribution < -0.4 is 15.4 Å². The number of carbonyl (C=O) groups is 2. The number of carboxylic acids is 1. The van der Waals surface area contributed by atoms with Crippen LogP contribution in [0, 0.1) is 0 Å². The molecule has 0 saturated heterocycles. The van der Waals surface area contributed by atoms with Crippen molar-refractivity contribution in [2.75, 3.05) is 11.9 Å². The van der Waals surface area contributed by atoms with Crippen molar-refractivity contribution in [1.82, 2.24) is 10.3 Å². The largest absolute Gasteiger partial charge is 0.481 e. The molecule has 20 heavy (non-hydrogen) atoms. The minimum Gasteiger partial charge on any atom is -0.481 e. The first kappa shape index (κ1) is 15.7. The van der Waals surface area contributed by atoms with Gasteiger partial charge in [0.15, 0.2) is 0 Å². The third kappa shape index (κ3) is 6.03. The number of carboxylic acid groups (broad SMARTS) is 1. The predicted molar refractivity (Wildman–Crippen MR) is 73.9 cm³/mol. The third-order valence-electron chi connectivity index (χ3n) is 2.22. The van der Waals surface area contributed by atoms with Gasteiger partial charge >= 0.3 is 12.0 Å². The zero-order chi connectivity index (χ0) is 15.0. The smallest absolute Gasteiger partial charge is 0.319 e. The highest BCUT2D eigenvalue weighted by atomic mass is 16.5. The lowest BCUT2D eigenvalue weighted by Crippen LogP contribution is -2.30. The molecule has 0 spiro atoms. The summed E-state index contributed by atoms with van der Waals surface area (Å²) in [5.74, 6) is -0.532. The fraction of sp³-hybridized carbons (Fsp3) is 0.462. The first-order valence-corrected chi connectivity index (χ1v) is 6.37. The van der Waals surface area contributed by atoms with Crippen molar-refractivity contribution in [3.05, 3.63) is 18.3 Å². The lowest BCUT2D eigenvalue weighted by atomic mass is 10.3. The van der Waals surface area contributed by atoms with Crippen LogP contribution in [0.25, 0.3) is 0 Å². The molecule has 0 unspecified atom stereocenters. The maximum absolute atomic E-state index is 11.6. The highest BCUT2D eigenvalue weighted by Gasteiger charge is 2.09. The van der Waals surface area contributed by atoms with E-state index in [9.17, 15) is 9.59 Å². The molecular formula is C13H19N3O4. The fourth-order valence-electron chi connectivity index (χ4n) is 1.41. The van der Waals surface area contributed by atoms with Crippen molar-refractivity contribution in [2.45, 2.75) is 32.8 Å².